The Morgan fingerprint density at radius 2 is 2.19 bits per heavy atom. The Balaban J connectivity index is 2.56. The molecule has 0 fully saturated rings. The minimum absolute atomic E-state index is 0.323. The maximum absolute atomic E-state index is 13.7. The zero-order valence-corrected chi connectivity index (χ0v) is 12.5. The number of pyridine rings is 1. The average Bonchev–Trinajstić information content (AvgIpc) is 2.45. The quantitative estimate of drug-likeness (QED) is 0.793. The highest BCUT2D eigenvalue weighted by molar-refractivity contribution is 5.96. The summed E-state index contributed by atoms with van der Waals surface area (Å²) in [7, 11) is 1.87. The molecule has 1 heterocycles. The third-order valence-electron chi connectivity index (χ3n) is 3.38. The van der Waals surface area contributed by atoms with E-state index >= 15 is 0 Å². The molecule has 0 saturated heterocycles. The first-order valence-electron chi connectivity index (χ1n) is 6.86. The second-order valence-electron chi connectivity index (χ2n) is 4.87. The molecule has 21 heavy (non-hydrogen) atoms. The third-order valence-corrected chi connectivity index (χ3v) is 3.38. The van der Waals surface area contributed by atoms with Gasteiger partial charge in [0, 0.05) is 31.8 Å². The molecule has 0 spiro atoms. The van der Waals surface area contributed by atoms with Crippen LogP contribution in [0, 0.1) is 24.1 Å². The number of aryl methyl sites for hydroxylation is 1. The Morgan fingerprint density at radius 1 is 1.43 bits per heavy atom. The van der Waals surface area contributed by atoms with E-state index in [4.69, 9.17) is 4.74 Å². The largest absolute Gasteiger partial charge is 0.380 e. The molecule has 0 saturated carbocycles. The molecule has 5 heteroatoms. The summed E-state index contributed by atoms with van der Waals surface area (Å²) in [5.74, 6) is -0.323. The molecule has 0 atom stereocenters. The molecule has 0 unspecified atom stereocenters. The first-order valence-corrected chi connectivity index (χ1v) is 6.86. The lowest BCUT2D eigenvalue weighted by Crippen LogP contribution is -2.24. The molecule has 0 aliphatic rings. The number of ether oxygens (including phenoxy) is 1. The van der Waals surface area contributed by atoms with Gasteiger partial charge in [0.1, 0.15) is 11.9 Å². The van der Waals surface area contributed by atoms with Crippen LogP contribution in [0.5, 0.6) is 0 Å². The highest BCUT2D eigenvalue weighted by Gasteiger charge is 2.15. The third kappa shape index (κ3) is 3.11. The number of benzene rings is 1. The summed E-state index contributed by atoms with van der Waals surface area (Å²) in [6.07, 6.45) is 1.54. The predicted molar refractivity (Wildman–Crippen MR) is 80.9 cm³/mol. The van der Waals surface area contributed by atoms with Gasteiger partial charge in [0.2, 0.25) is 0 Å². The number of aromatic nitrogens is 1. The normalized spacial score (nSPS) is 10.6. The van der Waals surface area contributed by atoms with Gasteiger partial charge in [-0.15, -0.1) is 0 Å². The molecule has 0 bridgehead atoms. The lowest BCUT2D eigenvalue weighted by atomic mass is 10.1. The molecule has 0 radical (unpaired) electrons. The van der Waals surface area contributed by atoms with Crippen LogP contribution >= 0.6 is 0 Å². The van der Waals surface area contributed by atoms with Gasteiger partial charge in [0.15, 0.2) is 0 Å². The van der Waals surface area contributed by atoms with Crippen molar-refractivity contribution in [3.63, 3.8) is 0 Å². The standard InChI is InChI=1S/C16H18FN3O/c1-4-21-6-5-20(3)16-12(9-18)10-19-15-11(2)7-13(17)8-14(15)16/h7-8,10H,4-6H2,1-3H3. The zero-order chi connectivity index (χ0) is 15.4. The Labute approximate surface area is 123 Å². The Hall–Kier alpha value is -2.19. The summed E-state index contributed by atoms with van der Waals surface area (Å²) < 4.78 is 19.1. The second-order valence-corrected chi connectivity index (χ2v) is 4.87. The fraction of sp³-hybridized carbons (Fsp3) is 0.375. The highest BCUT2D eigenvalue weighted by Crippen LogP contribution is 2.30. The van der Waals surface area contributed by atoms with Gasteiger partial charge in [-0.1, -0.05) is 0 Å². The number of rotatable bonds is 5. The van der Waals surface area contributed by atoms with Crippen LogP contribution in [-0.4, -0.2) is 31.8 Å². The van der Waals surface area contributed by atoms with Crippen LogP contribution in [0.2, 0.25) is 0 Å². The van der Waals surface area contributed by atoms with E-state index in [9.17, 15) is 9.65 Å². The van der Waals surface area contributed by atoms with Gasteiger partial charge in [-0.05, 0) is 31.5 Å². The highest BCUT2D eigenvalue weighted by atomic mass is 19.1. The number of hydrogen-bond donors (Lipinski definition) is 0. The molecular weight excluding hydrogens is 269 g/mol. The molecular formula is C16H18FN3O. The van der Waals surface area contributed by atoms with Gasteiger partial charge in [-0.3, -0.25) is 4.98 Å². The van der Waals surface area contributed by atoms with Crippen LogP contribution in [-0.2, 0) is 4.74 Å². The van der Waals surface area contributed by atoms with Crippen LogP contribution in [0.1, 0.15) is 18.1 Å². The molecule has 0 N–H and O–H groups in total. The van der Waals surface area contributed by atoms with Crippen molar-refractivity contribution in [3.8, 4) is 6.07 Å². The predicted octanol–water partition coefficient (Wildman–Crippen LogP) is 3.03. The lowest BCUT2D eigenvalue weighted by Gasteiger charge is -2.22. The zero-order valence-electron chi connectivity index (χ0n) is 12.5. The van der Waals surface area contributed by atoms with Crippen LogP contribution < -0.4 is 4.90 Å². The van der Waals surface area contributed by atoms with Crippen molar-refractivity contribution < 1.29 is 9.13 Å². The summed E-state index contributed by atoms with van der Waals surface area (Å²) in [5.41, 5.74) is 2.61. The number of nitriles is 1. The first kappa shape index (κ1) is 15.2. The minimum atomic E-state index is -0.323. The van der Waals surface area contributed by atoms with Gasteiger partial charge in [-0.25, -0.2) is 4.39 Å². The summed E-state index contributed by atoms with van der Waals surface area (Å²) in [6.45, 7) is 5.56. The second kappa shape index (κ2) is 6.51. The summed E-state index contributed by atoms with van der Waals surface area (Å²) in [4.78, 5) is 6.20. The molecule has 1 aromatic carbocycles. The minimum Gasteiger partial charge on any atom is -0.380 e. The van der Waals surface area contributed by atoms with Crippen molar-refractivity contribution in [1.29, 1.82) is 5.26 Å². The van der Waals surface area contributed by atoms with Crippen LogP contribution in [0.25, 0.3) is 10.9 Å². The maximum atomic E-state index is 13.7. The van der Waals surface area contributed by atoms with E-state index < -0.39 is 0 Å². The van der Waals surface area contributed by atoms with Gasteiger partial charge in [0.05, 0.1) is 23.4 Å². The topological polar surface area (TPSA) is 49.1 Å². The maximum Gasteiger partial charge on any atom is 0.124 e. The molecule has 2 rings (SSSR count). The average molecular weight is 287 g/mol. The summed E-state index contributed by atoms with van der Waals surface area (Å²) in [5, 5.41) is 9.95. The fourth-order valence-corrected chi connectivity index (χ4v) is 2.37. The van der Waals surface area contributed by atoms with E-state index in [2.05, 4.69) is 11.1 Å². The van der Waals surface area contributed by atoms with E-state index in [0.717, 1.165) is 5.56 Å². The Bertz CT molecular complexity index is 694. The number of nitrogens with zero attached hydrogens (tertiary/aromatic N) is 3. The molecule has 1 aromatic heterocycles. The summed E-state index contributed by atoms with van der Waals surface area (Å²) in [6, 6.07) is 5.01. The van der Waals surface area contributed by atoms with Crippen LogP contribution in [0.15, 0.2) is 18.3 Å². The lowest BCUT2D eigenvalue weighted by molar-refractivity contribution is 0.154. The van der Waals surface area contributed by atoms with Crippen molar-refractivity contribution in [2.45, 2.75) is 13.8 Å². The van der Waals surface area contributed by atoms with Gasteiger partial charge < -0.3 is 9.64 Å². The van der Waals surface area contributed by atoms with Crippen LogP contribution in [0.3, 0.4) is 0 Å². The SMILES string of the molecule is CCOCCN(C)c1c(C#N)cnc2c(C)cc(F)cc12. The van der Waals surface area contributed by atoms with E-state index in [1.165, 1.54) is 12.1 Å². The van der Waals surface area contributed by atoms with Crippen molar-refractivity contribution in [2.24, 2.45) is 0 Å². The molecule has 0 aliphatic carbocycles. The first-order chi connectivity index (χ1) is 10.1. The number of hydrogen-bond acceptors (Lipinski definition) is 4. The molecule has 0 aliphatic heterocycles. The smallest absolute Gasteiger partial charge is 0.124 e. The Kier molecular flexibility index (Phi) is 4.71. The molecule has 2 aromatic rings. The van der Waals surface area contributed by atoms with Gasteiger partial charge >= 0.3 is 0 Å². The molecule has 4 nitrogen and oxygen atoms in total. The van der Waals surface area contributed by atoms with Crippen molar-refractivity contribution >= 4 is 16.6 Å². The molecule has 0 amide bonds. The number of likely N-dealkylation sites (N-methyl/N-ethyl adjacent to an activating group) is 1. The van der Waals surface area contributed by atoms with Crippen molar-refractivity contribution in [1.82, 2.24) is 4.98 Å². The van der Waals surface area contributed by atoms with Crippen molar-refractivity contribution in [3.05, 3.63) is 35.3 Å². The monoisotopic (exact) mass is 287 g/mol. The van der Waals surface area contributed by atoms with E-state index in [1.807, 2.05) is 25.8 Å². The van der Waals surface area contributed by atoms with Crippen LogP contribution in [0.4, 0.5) is 10.1 Å². The van der Waals surface area contributed by atoms with Gasteiger partial charge in [-0.2, -0.15) is 5.26 Å². The van der Waals surface area contributed by atoms with E-state index in [1.54, 1.807) is 6.20 Å². The van der Waals surface area contributed by atoms with Gasteiger partial charge in [0.25, 0.3) is 0 Å². The molecule has 110 valence electrons. The number of halogens is 1. The number of fused-ring (bicyclic) bond motifs is 1. The Morgan fingerprint density at radius 3 is 2.86 bits per heavy atom. The van der Waals surface area contributed by atoms with E-state index in [0.29, 0.717) is 41.9 Å². The fourth-order valence-electron chi connectivity index (χ4n) is 2.37. The van der Waals surface area contributed by atoms with E-state index in [-0.39, 0.29) is 5.82 Å². The summed E-state index contributed by atoms with van der Waals surface area (Å²) >= 11 is 0. The number of anilines is 1. The van der Waals surface area contributed by atoms with Crippen molar-refractivity contribution in [2.75, 3.05) is 31.7 Å².